The molecular formula is C32H40N4O3. The first-order chi connectivity index (χ1) is 18.6. The smallest absolute Gasteiger partial charge is 0.245 e. The van der Waals surface area contributed by atoms with Crippen LogP contribution in [0.1, 0.15) is 37.8 Å². The summed E-state index contributed by atoms with van der Waals surface area (Å²) in [6.07, 6.45) is 1.21. The van der Waals surface area contributed by atoms with E-state index >= 15 is 0 Å². The van der Waals surface area contributed by atoms with E-state index in [4.69, 9.17) is 11.5 Å². The Hall–Kier alpha value is -3.52. The quantitative estimate of drug-likeness (QED) is 0.318. The van der Waals surface area contributed by atoms with Gasteiger partial charge < -0.3 is 26.8 Å². The van der Waals surface area contributed by atoms with Crippen LogP contribution in [0, 0.1) is 5.41 Å². The van der Waals surface area contributed by atoms with Crippen molar-refractivity contribution in [1.82, 2.24) is 10.2 Å². The molecule has 0 aliphatic carbocycles. The van der Waals surface area contributed by atoms with Gasteiger partial charge in [-0.15, -0.1) is 0 Å². The number of aliphatic hydroxyl groups is 1. The van der Waals surface area contributed by atoms with E-state index in [2.05, 4.69) is 17.4 Å². The number of nitrogens with zero attached hydrogens (tertiary/aromatic N) is 1. The monoisotopic (exact) mass is 528 g/mol. The van der Waals surface area contributed by atoms with Crippen LogP contribution >= 0.6 is 0 Å². The van der Waals surface area contributed by atoms with Crippen molar-refractivity contribution in [3.63, 3.8) is 0 Å². The summed E-state index contributed by atoms with van der Waals surface area (Å²) in [5, 5.41) is 13.6. The molecule has 0 saturated carbocycles. The third-order valence-electron chi connectivity index (χ3n) is 7.64. The molecule has 1 fully saturated rings. The fraction of sp³-hybridized carbons (Fsp3) is 0.375. The van der Waals surface area contributed by atoms with Gasteiger partial charge in [-0.2, -0.15) is 0 Å². The number of piperidine rings is 1. The molecule has 2 amide bonds. The lowest BCUT2D eigenvalue weighted by atomic mass is 9.73. The molecular weight excluding hydrogens is 488 g/mol. The third-order valence-corrected chi connectivity index (χ3v) is 7.64. The molecule has 7 nitrogen and oxygen atoms in total. The highest BCUT2D eigenvalue weighted by Crippen LogP contribution is 2.36. The number of hydrogen-bond donors (Lipinski definition) is 4. The summed E-state index contributed by atoms with van der Waals surface area (Å²) in [4.78, 5) is 28.6. The van der Waals surface area contributed by atoms with Crippen molar-refractivity contribution < 1.29 is 14.7 Å². The van der Waals surface area contributed by atoms with E-state index < -0.39 is 29.1 Å². The molecule has 1 aliphatic heterocycles. The number of benzene rings is 3. The lowest BCUT2D eigenvalue weighted by molar-refractivity contribution is -0.142. The summed E-state index contributed by atoms with van der Waals surface area (Å²) in [7, 11) is 0. The Morgan fingerprint density at radius 1 is 0.949 bits per heavy atom. The summed E-state index contributed by atoms with van der Waals surface area (Å²) in [6.45, 7) is 4.08. The van der Waals surface area contributed by atoms with Gasteiger partial charge in [-0.25, -0.2) is 0 Å². The molecule has 2 unspecified atom stereocenters. The zero-order valence-electron chi connectivity index (χ0n) is 22.8. The lowest BCUT2D eigenvalue weighted by Gasteiger charge is -2.45. The van der Waals surface area contributed by atoms with E-state index in [-0.39, 0.29) is 5.91 Å². The standard InChI is InChI=1S/C32H40N4O3/c1-31(2,34)30(39)35-27(20-23-14-16-26(17-15-23)25-12-7-4-8-13-25)28(37)36-19-9-18-32(22-36,29(33)38)21-24-10-5-3-6-11-24/h3-8,10-17,27,29,38H,9,18-22,33-34H2,1-2H3,(H,35,39)/t27-,29?,32?/m1/s1. The molecule has 0 spiro atoms. The molecule has 1 saturated heterocycles. The summed E-state index contributed by atoms with van der Waals surface area (Å²) < 4.78 is 0. The maximum atomic E-state index is 14.0. The molecule has 1 aliphatic rings. The van der Waals surface area contributed by atoms with Gasteiger partial charge in [0.15, 0.2) is 0 Å². The fourth-order valence-electron chi connectivity index (χ4n) is 5.31. The number of nitrogens with one attached hydrogen (secondary N) is 1. The molecule has 1 heterocycles. The van der Waals surface area contributed by atoms with Gasteiger partial charge in [0.2, 0.25) is 11.8 Å². The summed E-state index contributed by atoms with van der Waals surface area (Å²) in [6, 6.07) is 27.2. The Kier molecular flexibility index (Phi) is 8.85. The van der Waals surface area contributed by atoms with Crippen LogP contribution in [0.3, 0.4) is 0 Å². The largest absolute Gasteiger partial charge is 0.378 e. The van der Waals surface area contributed by atoms with Crippen molar-refractivity contribution in [2.24, 2.45) is 16.9 Å². The van der Waals surface area contributed by atoms with E-state index in [0.29, 0.717) is 38.8 Å². The highest BCUT2D eigenvalue weighted by molar-refractivity contribution is 5.91. The molecule has 206 valence electrons. The fourth-order valence-corrected chi connectivity index (χ4v) is 5.31. The maximum Gasteiger partial charge on any atom is 0.245 e. The maximum absolute atomic E-state index is 14.0. The van der Waals surface area contributed by atoms with Gasteiger partial charge in [0, 0.05) is 24.9 Å². The zero-order valence-corrected chi connectivity index (χ0v) is 22.8. The zero-order chi connectivity index (χ0) is 28.0. The summed E-state index contributed by atoms with van der Waals surface area (Å²) >= 11 is 0. The minimum atomic E-state index is -1.14. The second kappa shape index (κ2) is 12.1. The van der Waals surface area contributed by atoms with Crippen molar-refractivity contribution in [3.8, 4) is 11.1 Å². The SMILES string of the molecule is CC(C)(N)C(=O)N[C@H](Cc1ccc(-c2ccccc2)cc1)C(=O)N1CCCC(Cc2ccccc2)(C(N)O)C1. The normalized spacial score (nSPS) is 19.3. The van der Waals surface area contributed by atoms with Crippen molar-refractivity contribution in [2.45, 2.75) is 57.3 Å². The number of carbonyl (C=O) groups excluding carboxylic acids is 2. The van der Waals surface area contributed by atoms with Gasteiger partial charge in [0.25, 0.3) is 0 Å². The van der Waals surface area contributed by atoms with Gasteiger partial charge in [0.05, 0.1) is 5.54 Å². The van der Waals surface area contributed by atoms with Crippen LogP contribution in [0.5, 0.6) is 0 Å². The minimum absolute atomic E-state index is 0.197. The van der Waals surface area contributed by atoms with Crippen LogP contribution < -0.4 is 16.8 Å². The van der Waals surface area contributed by atoms with Gasteiger partial charge in [-0.3, -0.25) is 9.59 Å². The number of aliphatic hydroxyl groups excluding tert-OH is 1. The van der Waals surface area contributed by atoms with Crippen molar-refractivity contribution in [3.05, 3.63) is 96.1 Å². The van der Waals surface area contributed by atoms with Gasteiger partial charge in [0.1, 0.15) is 12.3 Å². The number of nitrogens with two attached hydrogens (primary N) is 2. The molecule has 3 atom stereocenters. The molecule has 0 radical (unpaired) electrons. The Morgan fingerprint density at radius 2 is 1.54 bits per heavy atom. The van der Waals surface area contributed by atoms with Crippen LogP contribution in [0.4, 0.5) is 0 Å². The molecule has 0 bridgehead atoms. The van der Waals surface area contributed by atoms with Crippen LogP contribution in [0.15, 0.2) is 84.9 Å². The van der Waals surface area contributed by atoms with Crippen molar-refractivity contribution in [1.29, 1.82) is 0 Å². The minimum Gasteiger partial charge on any atom is -0.378 e. The number of hydrogen-bond acceptors (Lipinski definition) is 5. The van der Waals surface area contributed by atoms with Crippen LogP contribution in [-0.2, 0) is 22.4 Å². The van der Waals surface area contributed by atoms with E-state index in [0.717, 1.165) is 22.3 Å². The highest BCUT2D eigenvalue weighted by atomic mass is 16.3. The predicted octanol–water partition coefficient (Wildman–Crippen LogP) is 3.25. The van der Waals surface area contributed by atoms with Gasteiger partial charge >= 0.3 is 0 Å². The Bertz CT molecular complexity index is 1240. The second-order valence-corrected chi connectivity index (χ2v) is 11.3. The molecule has 3 aromatic carbocycles. The Balaban J connectivity index is 1.56. The Morgan fingerprint density at radius 3 is 2.13 bits per heavy atom. The molecule has 4 rings (SSSR count). The van der Waals surface area contributed by atoms with Crippen molar-refractivity contribution in [2.75, 3.05) is 13.1 Å². The van der Waals surface area contributed by atoms with Gasteiger partial charge in [-0.1, -0.05) is 84.9 Å². The third kappa shape index (κ3) is 7.12. The van der Waals surface area contributed by atoms with E-state index in [1.54, 1.807) is 18.7 Å². The molecule has 39 heavy (non-hydrogen) atoms. The topological polar surface area (TPSA) is 122 Å². The highest BCUT2D eigenvalue weighted by Gasteiger charge is 2.43. The second-order valence-electron chi connectivity index (χ2n) is 11.3. The number of amides is 2. The number of likely N-dealkylation sites (tertiary alicyclic amines) is 1. The van der Waals surface area contributed by atoms with Crippen LogP contribution in [-0.4, -0.2) is 52.7 Å². The molecule has 3 aromatic rings. The first-order valence-electron chi connectivity index (χ1n) is 13.6. The Labute approximate surface area is 231 Å². The molecule has 7 heteroatoms. The molecule has 0 aromatic heterocycles. The average Bonchev–Trinajstić information content (AvgIpc) is 2.93. The summed E-state index contributed by atoms with van der Waals surface area (Å²) in [5.41, 5.74) is 14.6. The number of rotatable bonds is 9. The first-order valence-corrected chi connectivity index (χ1v) is 13.6. The van der Waals surface area contributed by atoms with E-state index in [9.17, 15) is 14.7 Å². The summed E-state index contributed by atoms with van der Waals surface area (Å²) in [5.74, 6) is -0.592. The lowest BCUT2D eigenvalue weighted by Crippen LogP contribution is -2.61. The van der Waals surface area contributed by atoms with E-state index in [1.807, 2.05) is 72.8 Å². The van der Waals surface area contributed by atoms with Gasteiger partial charge in [-0.05, 0) is 55.4 Å². The van der Waals surface area contributed by atoms with Crippen LogP contribution in [0.2, 0.25) is 0 Å². The van der Waals surface area contributed by atoms with E-state index in [1.165, 1.54) is 0 Å². The average molecular weight is 529 g/mol. The first kappa shape index (κ1) is 28.5. The van der Waals surface area contributed by atoms with Crippen LogP contribution in [0.25, 0.3) is 11.1 Å². The predicted molar refractivity (Wildman–Crippen MR) is 154 cm³/mol. The number of carbonyl (C=O) groups is 2. The molecule has 6 N–H and O–H groups in total. The van der Waals surface area contributed by atoms with Crippen molar-refractivity contribution >= 4 is 11.8 Å².